The van der Waals surface area contributed by atoms with Crippen molar-refractivity contribution in [3.63, 3.8) is 0 Å². The molecule has 1 aromatic rings. The third-order valence-corrected chi connectivity index (χ3v) is 4.76. The summed E-state index contributed by atoms with van der Waals surface area (Å²) >= 11 is 0. The summed E-state index contributed by atoms with van der Waals surface area (Å²) in [5, 5.41) is 3.40. The van der Waals surface area contributed by atoms with Crippen molar-refractivity contribution in [1.82, 2.24) is 5.32 Å². The summed E-state index contributed by atoms with van der Waals surface area (Å²) in [4.78, 5) is 0. The maximum Gasteiger partial charge on any atom is 0.0723 e. The average Bonchev–Trinajstić information content (AvgIpc) is 2.54. The van der Waals surface area contributed by atoms with Gasteiger partial charge in [0, 0.05) is 0 Å². The van der Waals surface area contributed by atoms with Crippen LogP contribution in [0.25, 0.3) is 0 Å². The minimum atomic E-state index is 0.477. The molecule has 21 heavy (non-hydrogen) atoms. The van der Waals surface area contributed by atoms with Gasteiger partial charge in [-0.3, -0.25) is 0 Å². The molecule has 1 N–H and O–H groups in total. The Hall–Kier alpha value is -0.860. The average molecular weight is 289 g/mol. The van der Waals surface area contributed by atoms with Gasteiger partial charge in [0.15, 0.2) is 0 Å². The molecule has 0 heterocycles. The van der Waals surface area contributed by atoms with Gasteiger partial charge in [-0.05, 0) is 49.4 Å². The third-order valence-electron chi connectivity index (χ3n) is 4.76. The van der Waals surface area contributed by atoms with Gasteiger partial charge >= 0.3 is 0 Å². The van der Waals surface area contributed by atoms with E-state index in [1.165, 1.54) is 43.2 Å². The van der Waals surface area contributed by atoms with Crippen molar-refractivity contribution in [3.05, 3.63) is 35.4 Å². The number of ether oxygens (including phenoxy) is 1. The van der Waals surface area contributed by atoms with Gasteiger partial charge < -0.3 is 10.1 Å². The number of hydrogen-bond acceptors (Lipinski definition) is 2. The molecule has 1 aromatic carbocycles. The van der Waals surface area contributed by atoms with Crippen molar-refractivity contribution in [2.45, 2.75) is 65.1 Å². The zero-order chi connectivity index (χ0) is 14.9. The number of rotatable bonds is 8. The van der Waals surface area contributed by atoms with E-state index >= 15 is 0 Å². The summed E-state index contributed by atoms with van der Waals surface area (Å²) in [7, 11) is 0. The minimum absolute atomic E-state index is 0.477. The van der Waals surface area contributed by atoms with Crippen LogP contribution in [0.4, 0.5) is 0 Å². The maximum atomic E-state index is 6.30. The summed E-state index contributed by atoms with van der Waals surface area (Å²) in [6, 6.07) is 8.74. The highest BCUT2D eigenvalue weighted by Crippen LogP contribution is 2.30. The molecule has 0 radical (unpaired) electrons. The molecule has 2 atom stereocenters. The van der Waals surface area contributed by atoms with E-state index < -0.39 is 0 Å². The van der Waals surface area contributed by atoms with E-state index in [9.17, 15) is 0 Å². The van der Waals surface area contributed by atoms with Crippen molar-refractivity contribution < 1.29 is 4.74 Å². The Bertz CT molecular complexity index is 404. The van der Waals surface area contributed by atoms with E-state index in [4.69, 9.17) is 4.74 Å². The van der Waals surface area contributed by atoms with Crippen molar-refractivity contribution in [2.75, 3.05) is 13.1 Å². The van der Waals surface area contributed by atoms with Gasteiger partial charge in [-0.2, -0.15) is 0 Å². The Balaban J connectivity index is 1.89. The molecule has 0 spiro atoms. The van der Waals surface area contributed by atoms with Gasteiger partial charge in [0.25, 0.3) is 0 Å². The highest BCUT2D eigenvalue weighted by Gasteiger charge is 2.24. The van der Waals surface area contributed by atoms with Crippen LogP contribution in [-0.2, 0) is 17.8 Å². The van der Waals surface area contributed by atoms with Crippen LogP contribution in [0.15, 0.2) is 24.3 Å². The number of benzene rings is 1. The molecule has 1 aliphatic rings. The molecule has 0 aliphatic heterocycles. The first-order valence-electron chi connectivity index (χ1n) is 8.74. The van der Waals surface area contributed by atoms with E-state index in [0.29, 0.717) is 6.10 Å². The Labute approximate surface area is 130 Å². The standard InChI is InChI=1S/C19H31NO/c1-3-16-9-7-8-12-19(16)21-15-18-11-6-5-10-17(18)13-14-20-4-2/h5-6,10-11,16,19-20H,3-4,7-9,12-15H2,1-2H3. The zero-order valence-electron chi connectivity index (χ0n) is 13.7. The summed E-state index contributed by atoms with van der Waals surface area (Å²) in [6.45, 7) is 7.33. The van der Waals surface area contributed by atoms with Gasteiger partial charge in [-0.25, -0.2) is 0 Å². The Kier molecular flexibility index (Phi) is 7.25. The molecule has 2 nitrogen and oxygen atoms in total. The first kappa shape index (κ1) is 16.5. The SMILES string of the molecule is CCNCCc1ccccc1COC1CCCCC1CC. The van der Waals surface area contributed by atoms with Gasteiger partial charge in [-0.1, -0.05) is 57.4 Å². The third kappa shape index (κ3) is 5.12. The molecule has 0 bridgehead atoms. The molecule has 1 saturated carbocycles. The molecule has 2 rings (SSSR count). The van der Waals surface area contributed by atoms with E-state index in [0.717, 1.165) is 32.0 Å². The quantitative estimate of drug-likeness (QED) is 0.719. The van der Waals surface area contributed by atoms with Crippen LogP contribution in [0.2, 0.25) is 0 Å². The highest BCUT2D eigenvalue weighted by atomic mass is 16.5. The fourth-order valence-corrected chi connectivity index (χ4v) is 3.40. The van der Waals surface area contributed by atoms with Gasteiger partial charge in [-0.15, -0.1) is 0 Å². The number of nitrogens with one attached hydrogen (secondary N) is 1. The molecule has 1 aliphatic carbocycles. The zero-order valence-corrected chi connectivity index (χ0v) is 13.7. The fraction of sp³-hybridized carbons (Fsp3) is 0.684. The second kappa shape index (κ2) is 9.22. The van der Waals surface area contributed by atoms with E-state index in [-0.39, 0.29) is 0 Å². The summed E-state index contributed by atoms with van der Waals surface area (Å²) in [5.74, 6) is 0.771. The lowest BCUT2D eigenvalue weighted by Gasteiger charge is -2.31. The molecular weight excluding hydrogens is 258 g/mol. The predicted molar refractivity (Wildman–Crippen MR) is 89.5 cm³/mol. The fourth-order valence-electron chi connectivity index (χ4n) is 3.40. The van der Waals surface area contributed by atoms with Gasteiger partial charge in [0.05, 0.1) is 12.7 Å². The lowest BCUT2D eigenvalue weighted by molar-refractivity contribution is -0.0224. The number of likely N-dealkylation sites (N-methyl/N-ethyl adjacent to an activating group) is 1. The molecule has 0 saturated heterocycles. The smallest absolute Gasteiger partial charge is 0.0723 e. The van der Waals surface area contributed by atoms with Crippen molar-refractivity contribution in [3.8, 4) is 0 Å². The molecule has 2 unspecified atom stereocenters. The van der Waals surface area contributed by atoms with E-state index in [2.05, 4.69) is 43.4 Å². The molecule has 1 fully saturated rings. The van der Waals surface area contributed by atoms with Crippen LogP contribution < -0.4 is 5.32 Å². The first-order chi connectivity index (χ1) is 10.3. The van der Waals surface area contributed by atoms with Crippen molar-refractivity contribution >= 4 is 0 Å². The van der Waals surface area contributed by atoms with E-state index in [1.807, 2.05) is 0 Å². The lowest BCUT2D eigenvalue weighted by Crippen LogP contribution is -2.27. The lowest BCUT2D eigenvalue weighted by atomic mass is 9.85. The Morgan fingerprint density at radius 3 is 2.62 bits per heavy atom. The molecule has 118 valence electrons. The maximum absolute atomic E-state index is 6.30. The van der Waals surface area contributed by atoms with Crippen LogP contribution in [-0.4, -0.2) is 19.2 Å². The Morgan fingerprint density at radius 2 is 1.86 bits per heavy atom. The summed E-state index contributed by atoms with van der Waals surface area (Å²) < 4.78 is 6.30. The second-order valence-corrected chi connectivity index (χ2v) is 6.17. The van der Waals surface area contributed by atoms with Gasteiger partial charge in [0.1, 0.15) is 0 Å². The topological polar surface area (TPSA) is 21.3 Å². The predicted octanol–water partition coefficient (Wildman–Crippen LogP) is 4.32. The Morgan fingerprint density at radius 1 is 1.10 bits per heavy atom. The van der Waals surface area contributed by atoms with Crippen LogP contribution in [0.1, 0.15) is 57.1 Å². The first-order valence-corrected chi connectivity index (χ1v) is 8.74. The summed E-state index contributed by atoms with van der Waals surface area (Å²) in [5.41, 5.74) is 2.80. The molecule has 0 aromatic heterocycles. The van der Waals surface area contributed by atoms with Crippen molar-refractivity contribution in [1.29, 1.82) is 0 Å². The molecule has 2 heteroatoms. The van der Waals surface area contributed by atoms with E-state index in [1.54, 1.807) is 0 Å². The normalized spacial score (nSPS) is 22.4. The van der Waals surface area contributed by atoms with Gasteiger partial charge in [0.2, 0.25) is 0 Å². The monoisotopic (exact) mass is 289 g/mol. The molecule has 0 amide bonds. The van der Waals surface area contributed by atoms with Crippen LogP contribution in [0.3, 0.4) is 0 Å². The van der Waals surface area contributed by atoms with Crippen LogP contribution >= 0.6 is 0 Å². The summed E-state index contributed by atoms with van der Waals surface area (Å²) in [6.07, 6.45) is 8.15. The van der Waals surface area contributed by atoms with Crippen molar-refractivity contribution in [2.24, 2.45) is 5.92 Å². The largest absolute Gasteiger partial charge is 0.373 e. The van der Waals surface area contributed by atoms with Crippen LogP contribution in [0.5, 0.6) is 0 Å². The minimum Gasteiger partial charge on any atom is -0.373 e. The van der Waals surface area contributed by atoms with Crippen LogP contribution in [0, 0.1) is 5.92 Å². The highest BCUT2D eigenvalue weighted by molar-refractivity contribution is 5.26. The number of hydrogen-bond donors (Lipinski definition) is 1. The molecular formula is C19H31NO. The second-order valence-electron chi connectivity index (χ2n) is 6.17.